The summed E-state index contributed by atoms with van der Waals surface area (Å²) < 4.78 is 3.26. The van der Waals surface area contributed by atoms with Crippen molar-refractivity contribution in [2.75, 3.05) is 18.8 Å². The molecule has 0 aliphatic carbocycles. The lowest BCUT2D eigenvalue weighted by molar-refractivity contribution is -0.128. The van der Waals surface area contributed by atoms with Gasteiger partial charge in [0.15, 0.2) is 0 Å². The molecule has 0 bridgehead atoms. The predicted octanol–water partition coefficient (Wildman–Crippen LogP) is 1.58. The second-order valence-corrected chi connectivity index (χ2v) is 8.37. The van der Waals surface area contributed by atoms with E-state index in [1.807, 2.05) is 13.0 Å². The summed E-state index contributed by atoms with van der Waals surface area (Å²) in [5.74, 6) is -0.263. The fraction of sp³-hybridized carbons (Fsp3) is 0.350. The summed E-state index contributed by atoms with van der Waals surface area (Å²) in [6.07, 6.45) is 2.43. The minimum Gasteiger partial charge on any atom is -0.333 e. The van der Waals surface area contributed by atoms with E-state index in [9.17, 15) is 19.2 Å². The van der Waals surface area contributed by atoms with Crippen LogP contribution in [0.25, 0.3) is 16.7 Å². The molecular formula is C20H19N5O4S. The maximum absolute atomic E-state index is 13.2. The summed E-state index contributed by atoms with van der Waals surface area (Å²) in [4.78, 5) is 57.4. The van der Waals surface area contributed by atoms with Crippen molar-refractivity contribution < 1.29 is 14.4 Å². The fourth-order valence-corrected chi connectivity index (χ4v) is 4.82. The van der Waals surface area contributed by atoms with Crippen molar-refractivity contribution in [1.29, 1.82) is 0 Å². The normalized spacial score (nSPS) is 17.4. The topological polar surface area (TPSA) is 97.0 Å². The molecule has 3 aromatic rings. The van der Waals surface area contributed by atoms with Gasteiger partial charge in [-0.1, -0.05) is 24.8 Å². The number of pyridine rings is 1. The summed E-state index contributed by atoms with van der Waals surface area (Å²) in [6.45, 7) is 3.16. The molecule has 5 rings (SSSR count). The van der Waals surface area contributed by atoms with Crippen molar-refractivity contribution in [3.05, 3.63) is 46.5 Å². The second kappa shape index (κ2) is 6.98. The van der Waals surface area contributed by atoms with E-state index in [1.165, 1.54) is 9.30 Å². The molecule has 0 N–H and O–H groups in total. The first kappa shape index (κ1) is 18.9. The van der Waals surface area contributed by atoms with E-state index < -0.39 is 0 Å². The van der Waals surface area contributed by atoms with Gasteiger partial charge in [-0.2, -0.15) is 0 Å². The third-order valence-corrected chi connectivity index (χ3v) is 6.38. The van der Waals surface area contributed by atoms with E-state index in [0.717, 1.165) is 18.2 Å². The number of hydrogen-bond acceptors (Lipinski definition) is 6. The minimum atomic E-state index is -0.278. The molecule has 30 heavy (non-hydrogen) atoms. The zero-order chi connectivity index (χ0) is 21.0. The Kier molecular flexibility index (Phi) is 4.39. The van der Waals surface area contributed by atoms with Crippen LogP contribution in [0.3, 0.4) is 0 Å². The van der Waals surface area contributed by atoms with Crippen LogP contribution in [-0.2, 0) is 11.3 Å². The molecule has 154 valence electrons. The Morgan fingerprint density at radius 2 is 2.03 bits per heavy atom. The van der Waals surface area contributed by atoms with Gasteiger partial charge in [0.2, 0.25) is 5.91 Å². The van der Waals surface area contributed by atoms with Crippen molar-refractivity contribution in [1.82, 2.24) is 23.8 Å². The molecule has 0 unspecified atom stereocenters. The van der Waals surface area contributed by atoms with Crippen LogP contribution in [0.1, 0.15) is 23.8 Å². The maximum Gasteiger partial charge on any atom is 0.289 e. The van der Waals surface area contributed by atoms with Gasteiger partial charge in [0.25, 0.3) is 16.7 Å². The molecule has 2 fully saturated rings. The van der Waals surface area contributed by atoms with Gasteiger partial charge >= 0.3 is 0 Å². The van der Waals surface area contributed by atoms with Gasteiger partial charge < -0.3 is 9.47 Å². The van der Waals surface area contributed by atoms with Gasteiger partial charge in [0.1, 0.15) is 17.0 Å². The van der Waals surface area contributed by atoms with E-state index >= 15 is 0 Å². The quantitative estimate of drug-likeness (QED) is 0.630. The highest BCUT2D eigenvalue weighted by atomic mass is 32.2. The molecule has 0 aromatic carbocycles. The lowest BCUT2D eigenvalue weighted by Crippen LogP contribution is -2.62. The molecule has 2 aliphatic rings. The van der Waals surface area contributed by atoms with Crippen molar-refractivity contribution in [2.24, 2.45) is 0 Å². The van der Waals surface area contributed by atoms with Crippen LogP contribution in [-0.4, -0.2) is 65.7 Å². The summed E-state index contributed by atoms with van der Waals surface area (Å²) in [5.41, 5.74) is 1.21. The smallest absolute Gasteiger partial charge is 0.289 e. The number of thioether (sulfide) groups is 1. The lowest BCUT2D eigenvalue weighted by Gasteiger charge is -2.42. The van der Waals surface area contributed by atoms with Gasteiger partial charge in [-0.3, -0.25) is 28.5 Å². The SMILES string of the molecule is CCCn1c(C(=O)N2CC(N3C(=O)CSC3=O)C2)cc2c(=O)n3ccccc3nc21. The lowest BCUT2D eigenvalue weighted by atomic mass is 10.1. The third-order valence-electron chi connectivity index (χ3n) is 5.54. The number of hydrogen-bond donors (Lipinski definition) is 0. The number of likely N-dealkylation sites (tertiary alicyclic amines) is 1. The van der Waals surface area contributed by atoms with E-state index in [0.29, 0.717) is 42.0 Å². The maximum atomic E-state index is 13.2. The molecule has 3 aromatic heterocycles. The Morgan fingerprint density at radius 3 is 2.73 bits per heavy atom. The van der Waals surface area contributed by atoms with Crippen LogP contribution in [0, 0.1) is 0 Å². The van der Waals surface area contributed by atoms with Gasteiger partial charge in [0.05, 0.1) is 17.2 Å². The summed E-state index contributed by atoms with van der Waals surface area (Å²) in [7, 11) is 0. The van der Waals surface area contributed by atoms with Gasteiger partial charge in [-0.05, 0) is 24.6 Å². The third kappa shape index (κ3) is 2.74. The first-order valence-corrected chi connectivity index (χ1v) is 10.8. The van der Waals surface area contributed by atoms with Crippen molar-refractivity contribution >= 4 is 45.5 Å². The van der Waals surface area contributed by atoms with Crippen molar-refractivity contribution in [3.63, 3.8) is 0 Å². The minimum absolute atomic E-state index is 0.164. The molecule has 0 radical (unpaired) electrons. The van der Waals surface area contributed by atoms with Crippen LogP contribution in [0.2, 0.25) is 0 Å². The molecular weight excluding hydrogens is 406 g/mol. The fourth-order valence-electron chi connectivity index (χ4n) is 4.04. The molecule has 0 atom stereocenters. The van der Waals surface area contributed by atoms with E-state index in [-0.39, 0.29) is 34.4 Å². The first-order chi connectivity index (χ1) is 14.5. The molecule has 0 spiro atoms. The number of rotatable bonds is 4. The molecule has 10 heteroatoms. The largest absolute Gasteiger partial charge is 0.333 e. The monoisotopic (exact) mass is 425 g/mol. The number of aryl methyl sites for hydroxylation is 1. The predicted molar refractivity (Wildman–Crippen MR) is 112 cm³/mol. The zero-order valence-corrected chi connectivity index (χ0v) is 17.1. The number of fused-ring (bicyclic) bond motifs is 2. The van der Waals surface area contributed by atoms with E-state index in [2.05, 4.69) is 4.98 Å². The van der Waals surface area contributed by atoms with Gasteiger partial charge in [-0.25, -0.2) is 4.98 Å². The Bertz CT molecular complexity index is 1260. The van der Waals surface area contributed by atoms with Crippen molar-refractivity contribution in [3.8, 4) is 0 Å². The van der Waals surface area contributed by atoms with Crippen LogP contribution in [0.5, 0.6) is 0 Å². The molecule has 0 saturated carbocycles. The summed E-state index contributed by atoms with van der Waals surface area (Å²) in [6, 6.07) is 6.66. The van der Waals surface area contributed by atoms with E-state index in [1.54, 1.807) is 33.9 Å². The van der Waals surface area contributed by atoms with Gasteiger partial charge in [0, 0.05) is 25.8 Å². The standard InChI is InChI=1S/C20H19N5O4S/c1-2-6-23-14(8-13-17(23)21-15-5-3-4-7-24(15)18(13)27)19(28)22-9-12(10-22)25-16(26)11-30-20(25)29/h3-5,7-8,12H,2,6,9-11H2,1H3. The Balaban J connectivity index is 1.50. The van der Waals surface area contributed by atoms with Gasteiger partial charge in [-0.15, -0.1) is 0 Å². The zero-order valence-electron chi connectivity index (χ0n) is 16.3. The molecule has 3 amide bonds. The summed E-state index contributed by atoms with van der Waals surface area (Å²) in [5, 5.41) is 0.148. The molecule has 9 nitrogen and oxygen atoms in total. The van der Waals surface area contributed by atoms with Crippen LogP contribution >= 0.6 is 11.8 Å². The Labute approximate surface area is 175 Å². The summed E-state index contributed by atoms with van der Waals surface area (Å²) >= 11 is 0.996. The number of carbonyl (C=O) groups is 3. The van der Waals surface area contributed by atoms with Crippen LogP contribution in [0.15, 0.2) is 35.3 Å². The van der Waals surface area contributed by atoms with Crippen LogP contribution < -0.4 is 5.56 Å². The van der Waals surface area contributed by atoms with Crippen molar-refractivity contribution in [2.45, 2.75) is 25.9 Å². The number of carbonyl (C=O) groups excluding carboxylic acids is 3. The Hall–Kier alpha value is -3.14. The molecule has 5 heterocycles. The average Bonchev–Trinajstić information content (AvgIpc) is 3.23. The molecule has 2 saturated heterocycles. The number of aromatic nitrogens is 3. The number of amides is 3. The second-order valence-electron chi connectivity index (χ2n) is 7.45. The highest BCUT2D eigenvalue weighted by molar-refractivity contribution is 8.14. The van der Waals surface area contributed by atoms with E-state index in [4.69, 9.17) is 0 Å². The first-order valence-electron chi connectivity index (χ1n) is 9.78. The average molecular weight is 425 g/mol. The molecule has 2 aliphatic heterocycles. The highest BCUT2D eigenvalue weighted by Crippen LogP contribution is 2.28. The number of nitrogens with zero attached hydrogens (tertiary/aromatic N) is 5. The number of imide groups is 1. The highest BCUT2D eigenvalue weighted by Gasteiger charge is 2.44. The van der Waals surface area contributed by atoms with Crippen LogP contribution in [0.4, 0.5) is 4.79 Å². The Morgan fingerprint density at radius 1 is 1.23 bits per heavy atom.